The number of aliphatic carboxylic acids is 1. The molecule has 1 aromatic heterocycles. The summed E-state index contributed by atoms with van der Waals surface area (Å²) < 4.78 is 22.5. The van der Waals surface area contributed by atoms with Crippen molar-refractivity contribution in [3.8, 4) is 11.4 Å². The second-order valence-corrected chi connectivity index (χ2v) is 10.0. The largest absolute Gasteiger partial charge is 0.507 e. The van der Waals surface area contributed by atoms with Gasteiger partial charge in [0.2, 0.25) is 0 Å². The first-order chi connectivity index (χ1) is 14.5. The van der Waals surface area contributed by atoms with E-state index in [2.05, 4.69) is 18.4 Å². The van der Waals surface area contributed by atoms with Crippen LogP contribution in [0.5, 0.6) is 5.75 Å². The lowest BCUT2D eigenvalue weighted by Gasteiger charge is -2.56. The normalized spacial score (nSPS) is 26.6. The Kier molecular flexibility index (Phi) is 3.95. The van der Waals surface area contributed by atoms with Crippen LogP contribution in [0.4, 0.5) is 4.39 Å². The summed E-state index contributed by atoms with van der Waals surface area (Å²) in [5, 5.41) is 21.3. The van der Waals surface area contributed by atoms with E-state index in [-0.39, 0.29) is 11.6 Å². The number of benzene rings is 2. The molecule has 0 bridgehead atoms. The molecule has 2 aromatic carbocycles. The van der Waals surface area contributed by atoms with Gasteiger partial charge in [0.25, 0.3) is 0 Å². The number of rotatable bonds is 2. The molecule has 5 nitrogen and oxygen atoms in total. The molecule has 0 atom stereocenters. The minimum atomic E-state index is -0.871. The van der Waals surface area contributed by atoms with E-state index in [0.717, 1.165) is 22.5 Å². The first kappa shape index (κ1) is 20.1. The average molecular weight is 423 g/mol. The topological polar surface area (TPSA) is 71.7 Å². The number of hydrogen-bond acceptors (Lipinski definition) is 3. The highest BCUT2D eigenvalue weighted by atomic mass is 19.1. The smallest absolute Gasteiger partial charge is 0.309 e. The van der Waals surface area contributed by atoms with E-state index in [0.29, 0.717) is 30.4 Å². The highest BCUT2D eigenvalue weighted by Gasteiger charge is 2.62. The molecule has 162 valence electrons. The number of hydrogen-bond donors (Lipinski definition) is 2. The Morgan fingerprint density at radius 3 is 2.52 bits per heavy atom. The van der Waals surface area contributed by atoms with Gasteiger partial charge in [-0.25, -0.2) is 4.39 Å². The molecule has 2 heterocycles. The summed E-state index contributed by atoms with van der Waals surface area (Å²) in [7, 11) is 0. The van der Waals surface area contributed by atoms with Crippen molar-refractivity contribution in [3.63, 3.8) is 0 Å². The number of fused-ring (bicyclic) bond motifs is 4. The number of ether oxygens (including phenoxy) is 1. The standard InChI is InChI=1S/C25H26FNO4/c1-14-10-15(8-9-16(14)26)27-17-6-5-7-18(28)19(17)20-21(27)23(2,3)13-31-25(20)11-24(4,12-25)22(29)30/h5-10,28H,11-13H2,1-4H3,(H,29,30). The minimum Gasteiger partial charge on any atom is -0.507 e. The van der Waals surface area contributed by atoms with Crippen molar-refractivity contribution in [1.82, 2.24) is 4.57 Å². The van der Waals surface area contributed by atoms with Gasteiger partial charge in [0.15, 0.2) is 0 Å². The van der Waals surface area contributed by atoms with Gasteiger partial charge < -0.3 is 19.5 Å². The fourth-order valence-corrected chi connectivity index (χ4v) is 5.54. The molecule has 0 radical (unpaired) electrons. The highest BCUT2D eigenvalue weighted by molar-refractivity contribution is 5.94. The molecule has 0 amide bonds. The first-order valence-corrected chi connectivity index (χ1v) is 10.5. The lowest BCUT2D eigenvalue weighted by Crippen LogP contribution is -2.57. The van der Waals surface area contributed by atoms with Crippen molar-refractivity contribution < 1.29 is 24.1 Å². The van der Waals surface area contributed by atoms with Gasteiger partial charge in [0.05, 0.1) is 23.1 Å². The molecule has 1 aliphatic heterocycles. The predicted octanol–water partition coefficient (Wildman–Crippen LogP) is 5.17. The molecular formula is C25H26FNO4. The van der Waals surface area contributed by atoms with Crippen LogP contribution in [0.1, 0.15) is 50.4 Å². The summed E-state index contributed by atoms with van der Waals surface area (Å²) in [6.45, 7) is 8.06. The number of halogens is 1. The van der Waals surface area contributed by atoms with E-state index in [1.54, 1.807) is 38.1 Å². The minimum absolute atomic E-state index is 0.135. The summed E-state index contributed by atoms with van der Waals surface area (Å²) in [6.07, 6.45) is 0.683. The Morgan fingerprint density at radius 2 is 1.87 bits per heavy atom. The number of aromatic nitrogens is 1. The van der Waals surface area contributed by atoms with Crippen LogP contribution in [0.3, 0.4) is 0 Å². The Hall–Kier alpha value is -2.86. The molecule has 1 fully saturated rings. The molecule has 1 spiro atoms. The lowest BCUT2D eigenvalue weighted by atomic mass is 9.55. The van der Waals surface area contributed by atoms with Crippen LogP contribution in [0.25, 0.3) is 16.6 Å². The van der Waals surface area contributed by atoms with Gasteiger partial charge >= 0.3 is 5.97 Å². The zero-order valence-corrected chi connectivity index (χ0v) is 18.1. The Balaban J connectivity index is 1.86. The molecule has 1 saturated carbocycles. The second-order valence-electron chi connectivity index (χ2n) is 10.0. The number of phenols is 1. The maximum absolute atomic E-state index is 14.0. The van der Waals surface area contributed by atoms with Crippen molar-refractivity contribution in [2.75, 3.05) is 6.61 Å². The molecule has 0 unspecified atom stereocenters. The van der Waals surface area contributed by atoms with Crippen molar-refractivity contribution in [2.45, 2.75) is 51.6 Å². The predicted molar refractivity (Wildman–Crippen MR) is 115 cm³/mol. The fraction of sp³-hybridized carbons (Fsp3) is 0.400. The number of aryl methyl sites for hydroxylation is 1. The van der Waals surface area contributed by atoms with Gasteiger partial charge in [-0.1, -0.05) is 19.9 Å². The van der Waals surface area contributed by atoms with Gasteiger partial charge in [-0.05, 0) is 62.6 Å². The van der Waals surface area contributed by atoms with Gasteiger partial charge in [-0.2, -0.15) is 0 Å². The average Bonchev–Trinajstić information content (AvgIpc) is 3.04. The third-order valence-corrected chi connectivity index (χ3v) is 7.05. The van der Waals surface area contributed by atoms with E-state index in [9.17, 15) is 19.4 Å². The molecular weight excluding hydrogens is 397 g/mol. The Bertz CT molecular complexity index is 1250. The van der Waals surface area contributed by atoms with Crippen molar-refractivity contribution in [3.05, 3.63) is 59.0 Å². The van der Waals surface area contributed by atoms with Crippen LogP contribution in [0, 0.1) is 18.2 Å². The third kappa shape index (κ3) is 2.61. The highest BCUT2D eigenvalue weighted by Crippen LogP contribution is 2.63. The van der Waals surface area contributed by atoms with Crippen LogP contribution in [-0.2, 0) is 20.5 Å². The fourth-order valence-electron chi connectivity index (χ4n) is 5.54. The number of carboxylic acid groups (broad SMARTS) is 1. The van der Waals surface area contributed by atoms with Crippen molar-refractivity contribution >= 4 is 16.9 Å². The van der Waals surface area contributed by atoms with Gasteiger partial charge in [-0.15, -0.1) is 0 Å². The Morgan fingerprint density at radius 1 is 1.16 bits per heavy atom. The molecule has 6 heteroatoms. The van der Waals surface area contributed by atoms with E-state index in [1.165, 1.54) is 6.07 Å². The van der Waals surface area contributed by atoms with Gasteiger partial charge in [0.1, 0.15) is 11.6 Å². The van der Waals surface area contributed by atoms with Crippen LogP contribution >= 0.6 is 0 Å². The van der Waals surface area contributed by atoms with E-state index in [4.69, 9.17) is 4.74 Å². The maximum Gasteiger partial charge on any atom is 0.309 e. The summed E-state index contributed by atoms with van der Waals surface area (Å²) in [5.74, 6) is -0.974. The number of nitrogens with zero attached hydrogens (tertiary/aromatic N) is 1. The zero-order valence-electron chi connectivity index (χ0n) is 18.1. The summed E-state index contributed by atoms with van der Waals surface area (Å²) in [5.41, 5.74) is 1.95. The van der Waals surface area contributed by atoms with Crippen LogP contribution in [0.2, 0.25) is 0 Å². The van der Waals surface area contributed by atoms with Crippen molar-refractivity contribution in [2.24, 2.45) is 5.41 Å². The maximum atomic E-state index is 14.0. The quantitative estimate of drug-likeness (QED) is 0.596. The summed E-state index contributed by atoms with van der Waals surface area (Å²) in [4.78, 5) is 11.8. The SMILES string of the molecule is Cc1cc(-n2c3c(c4c(O)cccc42)C2(CC(C)(C(=O)O)C2)OCC3(C)C)ccc1F. The molecule has 2 aliphatic rings. The number of carbonyl (C=O) groups is 1. The van der Waals surface area contributed by atoms with Crippen LogP contribution in [0.15, 0.2) is 36.4 Å². The van der Waals surface area contributed by atoms with Gasteiger partial charge in [0, 0.05) is 27.7 Å². The number of aromatic hydroxyl groups is 1. The molecule has 1 aliphatic carbocycles. The Labute approximate surface area is 180 Å². The third-order valence-electron chi connectivity index (χ3n) is 7.05. The van der Waals surface area contributed by atoms with Crippen molar-refractivity contribution in [1.29, 1.82) is 0 Å². The molecule has 5 rings (SSSR count). The van der Waals surface area contributed by atoms with E-state index in [1.807, 2.05) is 6.07 Å². The molecule has 0 saturated heterocycles. The van der Waals surface area contributed by atoms with E-state index >= 15 is 0 Å². The molecule has 2 N–H and O–H groups in total. The summed E-state index contributed by atoms with van der Waals surface area (Å²) in [6, 6.07) is 10.4. The molecule has 31 heavy (non-hydrogen) atoms. The van der Waals surface area contributed by atoms with Gasteiger partial charge in [-0.3, -0.25) is 4.79 Å². The molecule has 3 aromatic rings. The first-order valence-electron chi connectivity index (χ1n) is 10.5. The van der Waals surface area contributed by atoms with E-state index < -0.39 is 22.4 Å². The lowest BCUT2D eigenvalue weighted by molar-refractivity contribution is -0.205. The second kappa shape index (κ2) is 6.10. The monoisotopic (exact) mass is 423 g/mol. The number of carboxylic acids is 1. The summed E-state index contributed by atoms with van der Waals surface area (Å²) >= 11 is 0. The van der Waals surface area contributed by atoms with Crippen LogP contribution in [-0.4, -0.2) is 27.4 Å². The number of phenolic OH excluding ortho intramolecular Hbond substituents is 1. The van der Waals surface area contributed by atoms with Crippen LogP contribution < -0.4 is 0 Å². The zero-order chi connectivity index (χ0) is 22.3.